The molecule has 0 bridgehead atoms. The van der Waals surface area contributed by atoms with E-state index in [9.17, 15) is 18.8 Å². The first-order valence-electron chi connectivity index (χ1n) is 12.7. The molecule has 0 unspecified atom stereocenters. The minimum Gasteiger partial charge on any atom is -0.496 e. The summed E-state index contributed by atoms with van der Waals surface area (Å²) in [4.78, 5) is 44.3. The molecule has 3 aromatic rings. The average Bonchev–Trinajstić information content (AvgIpc) is 2.90. The van der Waals surface area contributed by atoms with Gasteiger partial charge in [0.1, 0.15) is 17.2 Å². The van der Waals surface area contributed by atoms with E-state index in [1.807, 2.05) is 30.8 Å². The van der Waals surface area contributed by atoms with Gasteiger partial charge >= 0.3 is 5.69 Å². The molecule has 5 rings (SSSR count). The van der Waals surface area contributed by atoms with Crippen molar-refractivity contribution in [3.63, 3.8) is 0 Å². The lowest BCUT2D eigenvalue weighted by Gasteiger charge is -2.31. The molecule has 2 fully saturated rings. The van der Waals surface area contributed by atoms with Gasteiger partial charge in [-0.1, -0.05) is 12.1 Å². The van der Waals surface area contributed by atoms with Crippen molar-refractivity contribution in [3.8, 4) is 5.75 Å². The summed E-state index contributed by atoms with van der Waals surface area (Å²) in [6, 6.07) is 6.17. The lowest BCUT2D eigenvalue weighted by molar-refractivity contribution is 0.0918. The molecule has 2 aliphatic rings. The lowest BCUT2D eigenvalue weighted by Crippen LogP contribution is -2.46. The topological polar surface area (TPSA) is 95.2 Å². The Morgan fingerprint density at radius 3 is 2.49 bits per heavy atom. The fourth-order valence-electron chi connectivity index (χ4n) is 5.64. The molecule has 0 atom stereocenters. The number of carbonyl (C=O) groups excluding carboxylic acids is 1. The molecular weight excluding hydrogens is 495 g/mol. The number of pyridine rings is 1. The number of aryl methyl sites for hydroxylation is 1. The zero-order valence-electron chi connectivity index (χ0n) is 21.0. The summed E-state index contributed by atoms with van der Waals surface area (Å²) in [5.41, 5.74) is 0.764. The molecule has 1 amide bonds. The van der Waals surface area contributed by atoms with Crippen LogP contribution in [0.2, 0.25) is 0 Å². The van der Waals surface area contributed by atoms with Crippen LogP contribution in [0.15, 0.2) is 40.1 Å². The monoisotopic (exact) mass is 526 g/mol. The van der Waals surface area contributed by atoms with Gasteiger partial charge in [-0.15, -0.1) is 0 Å². The molecule has 8 nitrogen and oxygen atoms in total. The van der Waals surface area contributed by atoms with Crippen LogP contribution in [0.25, 0.3) is 11.0 Å². The molecule has 37 heavy (non-hydrogen) atoms. The number of halogens is 1. The normalized spacial score (nSPS) is 20.6. The summed E-state index contributed by atoms with van der Waals surface area (Å²) < 4.78 is 22.5. The van der Waals surface area contributed by atoms with Crippen LogP contribution in [0.4, 0.5) is 4.39 Å². The number of para-hydroxylation sites is 1. The first-order valence-corrected chi connectivity index (χ1v) is 13.9. The van der Waals surface area contributed by atoms with Crippen LogP contribution in [0.1, 0.15) is 66.5 Å². The third-order valence-corrected chi connectivity index (χ3v) is 8.59. The smallest absolute Gasteiger partial charge is 0.333 e. The molecule has 196 valence electrons. The van der Waals surface area contributed by atoms with Crippen molar-refractivity contribution in [2.75, 3.05) is 18.6 Å². The zero-order chi connectivity index (χ0) is 26.1. The van der Waals surface area contributed by atoms with Crippen molar-refractivity contribution in [2.24, 2.45) is 0 Å². The predicted octanol–water partition coefficient (Wildman–Crippen LogP) is 4.00. The van der Waals surface area contributed by atoms with E-state index in [2.05, 4.69) is 10.3 Å². The van der Waals surface area contributed by atoms with E-state index < -0.39 is 11.4 Å². The van der Waals surface area contributed by atoms with E-state index >= 15 is 0 Å². The number of carbonyl (C=O) groups is 1. The van der Waals surface area contributed by atoms with E-state index in [1.165, 1.54) is 10.6 Å². The maximum Gasteiger partial charge on any atom is 0.333 e. The highest BCUT2D eigenvalue weighted by molar-refractivity contribution is 7.99. The molecule has 1 aromatic carbocycles. The van der Waals surface area contributed by atoms with Crippen molar-refractivity contribution >= 4 is 28.7 Å². The first-order chi connectivity index (χ1) is 17.9. The summed E-state index contributed by atoms with van der Waals surface area (Å²) in [6.07, 6.45) is 5.03. The van der Waals surface area contributed by atoms with Gasteiger partial charge in [0.05, 0.1) is 24.3 Å². The summed E-state index contributed by atoms with van der Waals surface area (Å²) in [5, 5.41) is 3.23. The van der Waals surface area contributed by atoms with Gasteiger partial charge < -0.3 is 10.1 Å². The van der Waals surface area contributed by atoms with Gasteiger partial charge in [0, 0.05) is 18.1 Å². The maximum absolute atomic E-state index is 14.1. The fourth-order valence-corrected chi connectivity index (χ4v) is 6.72. The Kier molecular flexibility index (Phi) is 7.37. The molecule has 1 aliphatic heterocycles. The van der Waals surface area contributed by atoms with Gasteiger partial charge in [0.2, 0.25) is 0 Å². The van der Waals surface area contributed by atoms with Crippen LogP contribution in [0, 0.1) is 12.7 Å². The van der Waals surface area contributed by atoms with Crippen LogP contribution in [0.5, 0.6) is 5.75 Å². The van der Waals surface area contributed by atoms with Crippen LogP contribution in [-0.2, 0) is 0 Å². The number of ether oxygens (including phenoxy) is 1. The zero-order valence-corrected chi connectivity index (χ0v) is 21.9. The van der Waals surface area contributed by atoms with Gasteiger partial charge in [-0.2, -0.15) is 11.8 Å². The second kappa shape index (κ2) is 10.7. The largest absolute Gasteiger partial charge is 0.496 e. The van der Waals surface area contributed by atoms with E-state index in [4.69, 9.17) is 4.74 Å². The Hall–Kier alpha value is -3.14. The highest BCUT2D eigenvalue weighted by Gasteiger charge is 2.30. The minimum atomic E-state index is -0.599. The minimum absolute atomic E-state index is 0.0685. The fraction of sp³-hybridized carbons (Fsp3) is 0.481. The number of aromatic nitrogens is 3. The second-order valence-electron chi connectivity index (χ2n) is 9.83. The van der Waals surface area contributed by atoms with Crippen molar-refractivity contribution in [1.29, 1.82) is 0 Å². The molecule has 2 aromatic heterocycles. The molecule has 1 aliphatic carbocycles. The highest BCUT2D eigenvalue weighted by Crippen LogP contribution is 2.31. The Bertz CT molecular complexity index is 1440. The Balaban J connectivity index is 1.41. The SMILES string of the molecule is COc1c(C)cccc1C(=O)N[C@H]1CC[C@@H](n2c(=O)c3cc(F)cnc3n(C3CCSCC3)c2=O)CC1. The Morgan fingerprint density at radius 2 is 1.78 bits per heavy atom. The predicted molar refractivity (Wildman–Crippen MR) is 142 cm³/mol. The number of hydrogen-bond acceptors (Lipinski definition) is 6. The van der Waals surface area contributed by atoms with Gasteiger partial charge in [0.25, 0.3) is 11.5 Å². The van der Waals surface area contributed by atoms with Crippen molar-refractivity contribution in [3.05, 3.63) is 68.2 Å². The molecule has 1 saturated heterocycles. The lowest BCUT2D eigenvalue weighted by atomic mass is 9.90. The number of nitrogens with one attached hydrogen (secondary N) is 1. The quantitative estimate of drug-likeness (QED) is 0.540. The number of fused-ring (bicyclic) bond motifs is 1. The number of thioether (sulfide) groups is 1. The van der Waals surface area contributed by atoms with Crippen LogP contribution in [0.3, 0.4) is 0 Å². The summed E-state index contributed by atoms with van der Waals surface area (Å²) in [6.45, 7) is 1.89. The molecular formula is C27H31FN4O4S. The van der Waals surface area contributed by atoms with E-state index in [1.54, 1.807) is 17.7 Å². The van der Waals surface area contributed by atoms with Crippen molar-refractivity contribution in [2.45, 2.75) is 63.6 Å². The maximum atomic E-state index is 14.1. The number of nitrogens with zero attached hydrogens (tertiary/aromatic N) is 3. The molecule has 1 N–H and O–H groups in total. The van der Waals surface area contributed by atoms with Gasteiger partial charge in [-0.05, 0) is 74.7 Å². The standard InChI is InChI=1S/C27H31FN4O4S/c1-16-4-3-5-21(23(16)36-2)25(33)30-18-6-8-19(9-7-18)32-26(34)22-14-17(28)15-29-24(22)31(27(32)35)20-10-12-37-13-11-20/h3-5,14-15,18-20H,6-13H2,1-2H3,(H,30,33)/t18-,19+. The third-order valence-electron chi connectivity index (χ3n) is 7.54. The number of hydrogen-bond donors (Lipinski definition) is 1. The van der Waals surface area contributed by atoms with Gasteiger partial charge in [0.15, 0.2) is 0 Å². The first kappa shape index (κ1) is 25.5. The van der Waals surface area contributed by atoms with Crippen molar-refractivity contribution < 1.29 is 13.9 Å². The Labute approximate surface area is 218 Å². The third kappa shape index (κ3) is 4.91. The number of amides is 1. The van der Waals surface area contributed by atoms with Crippen LogP contribution >= 0.6 is 11.8 Å². The van der Waals surface area contributed by atoms with E-state index in [0.717, 1.165) is 36.1 Å². The second-order valence-corrected chi connectivity index (χ2v) is 11.1. The number of benzene rings is 1. The molecule has 10 heteroatoms. The number of methoxy groups -OCH3 is 1. The highest BCUT2D eigenvalue weighted by atomic mass is 32.2. The molecule has 1 saturated carbocycles. The van der Waals surface area contributed by atoms with E-state index in [-0.39, 0.29) is 40.8 Å². The van der Waals surface area contributed by atoms with Crippen molar-refractivity contribution in [1.82, 2.24) is 19.4 Å². The van der Waals surface area contributed by atoms with Crippen LogP contribution in [-0.4, -0.2) is 44.7 Å². The molecule has 3 heterocycles. The van der Waals surface area contributed by atoms with E-state index in [0.29, 0.717) is 37.0 Å². The summed E-state index contributed by atoms with van der Waals surface area (Å²) in [7, 11) is 1.55. The molecule has 0 radical (unpaired) electrons. The molecule has 0 spiro atoms. The van der Waals surface area contributed by atoms with Crippen LogP contribution < -0.4 is 21.3 Å². The van der Waals surface area contributed by atoms with Gasteiger partial charge in [-0.25, -0.2) is 14.2 Å². The summed E-state index contributed by atoms with van der Waals surface area (Å²) >= 11 is 1.84. The number of rotatable bonds is 5. The Morgan fingerprint density at radius 1 is 1.08 bits per heavy atom. The average molecular weight is 527 g/mol. The van der Waals surface area contributed by atoms with Gasteiger partial charge in [-0.3, -0.25) is 18.7 Å². The summed E-state index contributed by atoms with van der Waals surface area (Å²) in [5.74, 6) is 1.61.